The molecule has 0 aliphatic rings. The van der Waals surface area contributed by atoms with Gasteiger partial charge in [-0.25, -0.2) is 8.42 Å². The van der Waals surface area contributed by atoms with Crippen molar-refractivity contribution in [1.82, 2.24) is 5.32 Å². The lowest BCUT2D eigenvalue weighted by Crippen LogP contribution is -2.36. The van der Waals surface area contributed by atoms with Crippen molar-refractivity contribution in [2.45, 2.75) is 11.8 Å². The number of nitrogens with one attached hydrogen (secondary N) is 1. The standard InChI is InChI=1S/C12H17ClN2O3S/c1-9(8-14)12(16)15-6-7-19(17,18)11-4-2-10(13)3-5-11/h2-5,9H,6-8,14H2,1H3,(H,15,16). The van der Waals surface area contributed by atoms with E-state index in [1.807, 2.05) is 0 Å². The van der Waals surface area contributed by atoms with Gasteiger partial charge in [0.1, 0.15) is 0 Å². The Morgan fingerprint density at radius 1 is 1.37 bits per heavy atom. The summed E-state index contributed by atoms with van der Waals surface area (Å²) in [7, 11) is -3.41. The van der Waals surface area contributed by atoms with Crippen LogP contribution in [0.25, 0.3) is 0 Å². The third kappa shape index (κ3) is 4.81. The predicted molar refractivity (Wildman–Crippen MR) is 74.7 cm³/mol. The Labute approximate surface area is 118 Å². The van der Waals surface area contributed by atoms with Crippen LogP contribution in [0.3, 0.4) is 0 Å². The minimum Gasteiger partial charge on any atom is -0.355 e. The number of benzene rings is 1. The van der Waals surface area contributed by atoms with Crippen molar-refractivity contribution in [3.05, 3.63) is 29.3 Å². The van der Waals surface area contributed by atoms with Crippen molar-refractivity contribution in [3.63, 3.8) is 0 Å². The Morgan fingerprint density at radius 3 is 2.47 bits per heavy atom. The molecular formula is C12H17ClN2O3S. The first-order valence-corrected chi connectivity index (χ1v) is 7.86. The number of amides is 1. The highest BCUT2D eigenvalue weighted by molar-refractivity contribution is 7.91. The first-order chi connectivity index (χ1) is 8.86. The van der Waals surface area contributed by atoms with E-state index in [1.165, 1.54) is 24.3 Å². The molecule has 0 bridgehead atoms. The maximum Gasteiger partial charge on any atom is 0.224 e. The van der Waals surface area contributed by atoms with Crippen LogP contribution in [0.1, 0.15) is 6.92 Å². The van der Waals surface area contributed by atoms with Gasteiger partial charge >= 0.3 is 0 Å². The van der Waals surface area contributed by atoms with Crippen molar-refractivity contribution in [2.75, 3.05) is 18.8 Å². The molecule has 1 atom stereocenters. The number of nitrogens with two attached hydrogens (primary N) is 1. The highest BCUT2D eigenvalue weighted by Gasteiger charge is 2.16. The second kappa shape index (κ2) is 6.88. The van der Waals surface area contributed by atoms with Crippen LogP contribution < -0.4 is 11.1 Å². The summed E-state index contributed by atoms with van der Waals surface area (Å²) in [5.41, 5.74) is 5.34. The van der Waals surface area contributed by atoms with Gasteiger partial charge < -0.3 is 11.1 Å². The van der Waals surface area contributed by atoms with Gasteiger partial charge in [-0.2, -0.15) is 0 Å². The molecule has 1 rings (SSSR count). The van der Waals surface area contributed by atoms with Gasteiger partial charge in [0.25, 0.3) is 0 Å². The van der Waals surface area contributed by atoms with E-state index < -0.39 is 9.84 Å². The fraction of sp³-hybridized carbons (Fsp3) is 0.417. The zero-order valence-electron chi connectivity index (χ0n) is 10.6. The first-order valence-electron chi connectivity index (χ1n) is 5.83. The first kappa shape index (κ1) is 15.9. The topological polar surface area (TPSA) is 89.3 Å². The summed E-state index contributed by atoms with van der Waals surface area (Å²) in [6.07, 6.45) is 0. The summed E-state index contributed by atoms with van der Waals surface area (Å²) >= 11 is 5.69. The lowest BCUT2D eigenvalue weighted by atomic mass is 10.2. The molecular weight excluding hydrogens is 288 g/mol. The van der Waals surface area contributed by atoms with Crippen LogP contribution in [-0.2, 0) is 14.6 Å². The molecule has 0 aliphatic carbocycles. The molecule has 106 valence electrons. The SMILES string of the molecule is CC(CN)C(=O)NCCS(=O)(=O)c1ccc(Cl)cc1. The van der Waals surface area contributed by atoms with Crippen LogP contribution in [0.2, 0.25) is 5.02 Å². The van der Waals surface area contributed by atoms with E-state index in [9.17, 15) is 13.2 Å². The van der Waals surface area contributed by atoms with Gasteiger partial charge in [-0.1, -0.05) is 18.5 Å². The Kier molecular flexibility index (Phi) is 5.78. The fourth-order valence-electron chi connectivity index (χ4n) is 1.35. The lowest BCUT2D eigenvalue weighted by Gasteiger charge is -2.10. The van der Waals surface area contributed by atoms with E-state index in [4.69, 9.17) is 17.3 Å². The molecule has 19 heavy (non-hydrogen) atoms. The summed E-state index contributed by atoms with van der Waals surface area (Å²) in [4.78, 5) is 11.6. The average Bonchev–Trinajstić information content (AvgIpc) is 2.37. The molecule has 0 spiro atoms. The monoisotopic (exact) mass is 304 g/mol. The Hall–Kier alpha value is -1.11. The molecule has 0 saturated heterocycles. The van der Waals surface area contributed by atoms with Crippen molar-refractivity contribution in [3.8, 4) is 0 Å². The number of hydrogen-bond donors (Lipinski definition) is 2. The summed E-state index contributed by atoms with van der Waals surface area (Å²) in [5, 5.41) is 3.02. The van der Waals surface area contributed by atoms with Crippen LogP contribution in [0, 0.1) is 5.92 Å². The molecule has 1 aromatic rings. The molecule has 5 nitrogen and oxygen atoms in total. The molecule has 1 aromatic carbocycles. The molecule has 0 fully saturated rings. The summed E-state index contributed by atoms with van der Waals surface area (Å²) in [6, 6.07) is 5.93. The maximum absolute atomic E-state index is 11.9. The number of hydrogen-bond acceptors (Lipinski definition) is 4. The highest BCUT2D eigenvalue weighted by Crippen LogP contribution is 2.15. The van der Waals surface area contributed by atoms with Gasteiger partial charge in [-0.15, -0.1) is 0 Å². The number of sulfone groups is 1. The van der Waals surface area contributed by atoms with Gasteiger partial charge in [-0.05, 0) is 24.3 Å². The van der Waals surface area contributed by atoms with Gasteiger partial charge in [0.2, 0.25) is 5.91 Å². The largest absolute Gasteiger partial charge is 0.355 e. The van der Waals surface area contributed by atoms with Crippen LogP contribution >= 0.6 is 11.6 Å². The van der Waals surface area contributed by atoms with Crippen molar-refractivity contribution < 1.29 is 13.2 Å². The number of rotatable bonds is 6. The van der Waals surface area contributed by atoms with E-state index in [2.05, 4.69) is 5.32 Å². The Bertz CT molecular complexity index is 528. The molecule has 1 unspecified atom stereocenters. The molecule has 3 N–H and O–H groups in total. The van der Waals surface area contributed by atoms with E-state index >= 15 is 0 Å². The van der Waals surface area contributed by atoms with Gasteiger partial charge in [-0.3, -0.25) is 4.79 Å². The molecule has 1 amide bonds. The normalized spacial score (nSPS) is 13.0. The fourth-order valence-corrected chi connectivity index (χ4v) is 2.63. The van der Waals surface area contributed by atoms with Crippen LogP contribution in [-0.4, -0.2) is 33.2 Å². The average molecular weight is 305 g/mol. The molecule has 0 saturated carbocycles. The van der Waals surface area contributed by atoms with E-state index in [-0.39, 0.29) is 35.6 Å². The summed E-state index contributed by atoms with van der Waals surface area (Å²) in [6.45, 7) is 1.98. The highest BCUT2D eigenvalue weighted by atomic mass is 35.5. The molecule has 0 radical (unpaired) electrons. The number of carbonyl (C=O) groups excluding carboxylic acids is 1. The van der Waals surface area contributed by atoms with Crippen molar-refractivity contribution in [1.29, 1.82) is 0 Å². The zero-order valence-corrected chi connectivity index (χ0v) is 12.2. The van der Waals surface area contributed by atoms with E-state index in [0.717, 1.165) is 0 Å². The molecule has 0 aromatic heterocycles. The minimum absolute atomic E-state index is 0.0636. The van der Waals surface area contributed by atoms with Gasteiger partial charge in [0.15, 0.2) is 9.84 Å². The van der Waals surface area contributed by atoms with Crippen molar-refractivity contribution in [2.24, 2.45) is 11.7 Å². The Morgan fingerprint density at radius 2 is 1.95 bits per heavy atom. The smallest absolute Gasteiger partial charge is 0.224 e. The second-order valence-electron chi connectivity index (χ2n) is 4.20. The van der Waals surface area contributed by atoms with Gasteiger partial charge in [0.05, 0.1) is 10.6 Å². The van der Waals surface area contributed by atoms with Gasteiger partial charge in [0, 0.05) is 24.0 Å². The van der Waals surface area contributed by atoms with Crippen LogP contribution in [0.4, 0.5) is 0 Å². The second-order valence-corrected chi connectivity index (χ2v) is 6.75. The lowest BCUT2D eigenvalue weighted by molar-refractivity contribution is -0.124. The third-order valence-electron chi connectivity index (χ3n) is 2.64. The maximum atomic E-state index is 11.9. The predicted octanol–water partition coefficient (Wildman–Crippen LogP) is 0.825. The van der Waals surface area contributed by atoms with E-state index in [0.29, 0.717) is 5.02 Å². The zero-order chi connectivity index (χ0) is 14.5. The van der Waals surface area contributed by atoms with E-state index in [1.54, 1.807) is 6.92 Å². The summed E-state index contributed by atoms with van der Waals surface area (Å²) < 4.78 is 23.9. The number of halogens is 1. The molecule has 7 heteroatoms. The van der Waals surface area contributed by atoms with Crippen LogP contribution in [0.5, 0.6) is 0 Å². The van der Waals surface area contributed by atoms with Crippen LogP contribution in [0.15, 0.2) is 29.2 Å². The Balaban J connectivity index is 2.57. The molecule has 0 aliphatic heterocycles. The third-order valence-corrected chi connectivity index (χ3v) is 4.63. The quantitative estimate of drug-likeness (QED) is 0.814. The summed E-state index contributed by atoms with van der Waals surface area (Å²) in [5.74, 6) is -0.718. The van der Waals surface area contributed by atoms with Crippen molar-refractivity contribution >= 4 is 27.3 Å². The minimum atomic E-state index is -3.41. The number of carbonyl (C=O) groups is 1. The molecule has 0 heterocycles.